The molecule has 0 unspecified atom stereocenters. The molecule has 0 aromatic heterocycles. The topological polar surface area (TPSA) is 38.7 Å². The van der Waals surface area contributed by atoms with Crippen molar-refractivity contribution in [2.75, 3.05) is 0 Å². The minimum absolute atomic E-state index is 0.0415. The van der Waals surface area contributed by atoms with Crippen molar-refractivity contribution in [2.24, 2.45) is 4.99 Å². The van der Waals surface area contributed by atoms with Crippen LogP contribution in [-0.2, 0) is 9.53 Å². The van der Waals surface area contributed by atoms with Crippen LogP contribution in [0.25, 0.3) is 6.08 Å². The van der Waals surface area contributed by atoms with Crippen LogP contribution < -0.4 is 0 Å². The molecule has 0 radical (unpaired) electrons. The van der Waals surface area contributed by atoms with Crippen LogP contribution in [0.1, 0.15) is 11.1 Å². The fraction of sp³-hybridized carbons (Fsp3) is 0. The van der Waals surface area contributed by atoms with Gasteiger partial charge in [-0.05, 0) is 29.8 Å². The van der Waals surface area contributed by atoms with Gasteiger partial charge in [0.2, 0.25) is 5.90 Å². The Balaban J connectivity index is 1.99. The Morgan fingerprint density at radius 3 is 2.57 bits per heavy atom. The summed E-state index contributed by atoms with van der Waals surface area (Å²) in [5.41, 5.74) is 0.619. The summed E-state index contributed by atoms with van der Waals surface area (Å²) in [6.07, 6.45) is 1.52. The van der Waals surface area contributed by atoms with E-state index < -0.39 is 17.6 Å². The number of rotatable bonds is 2. The van der Waals surface area contributed by atoms with E-state index in [0.29, 0.717) is 0 Å². The number of nitrogens with zero attached hydrogens (tertiary/aromatic N) is 1. The number of carbonyl (C=O) groups excluding carboxylic acids is 1. The van der Waals surface area contributed by atoms with E-state index in [2.05, 4.69) is 4.99 Å². The highest BCUT2D eigenvalue weighted by Crippen LogP contribution is 2.21. The third-order valence-corrected chi connectivity index (χ3v) is 2.88. The molecule has 0 fully saturated rings. The van der Waals surface area contributed by atoms with Gasteiger partial charge in [0.15, 0.2) is 5.70 Å². The molecule has 0 bridgehead atoms. The summed E-state index contributed by atoms with van der Waals surface area (Å²) in [4.78, 5) is 15.7. The number of ether oxygens (including phenoxy) is 1. The molecule has 1 heterocycles. The Kier molecular flexibility index (Phi) is 3.31. The third kappa shape index (κ3) is 2.72. The van der Waals surface area contributed by atoms with Crippen LogP contribution in [0.2, 0.25) is 0 Å². The summed E-state index contributed by atoms with van der Waals surface area (Å²) in [6, 6.07) is 11.9. The summed E-state index contributed by atoms with van der Waals surface area (Å²) in [5, 5.41) is 0. The molecular weight excluding hydrogens is 276 g/mol. The summed E-state index contributed by atoms with van der Waals surface area (Å²) in [5.74, 6) is -2.27. The smallest absolute Gasteiger partial charge is 0.363 e. The van der Waals surface area contributed by atoms with Gasteiger partial charge < -0.3 is 4.74 Å². The highest BCUT2D eigenvalue weighted by Gasteiger charge is 2.26. The quantitative estimate of drug-likeness (QED) is 0.627. The molecular formula is C16H9F2NO2. The first-order valence-corrected chi connectivity index (χ1v) is 6.16. The van der Waals surface area contributed by atoms with Crippen molar-refractivity contribution in [3.8, 4) is 0 Å². The number of esters is 1. The highest BCUT2D eigenvalue weighted by atomic mass is 19.1. The summed E-state index contributed by atoms with van der Waals surface area (Å²) in [7, 11) is 0. The summed E-state index contributed by atoms with van der Waals surface area (Å²) < 4.78 is 31.7. The van der Waals surface area contributed by atoms with Crippen molar-refractivity contribution < 1.29 is 18.3 Å². The lowest BCUT2D eigenvalue weighted by atomic mass is 10.2. The van der Waals surface area contributed by atoms with Crippen molar-refractivity contribution in [1.29, 1.82) is 0 Å². The Bertz CT molecular complexity index is 767. The monoisotopic (exact) mass is 285 g/mol. The van der Waals surface area contributed by atoms with E-state index >= 15 is 0 Å². The van der Waals surface area contributed by atoms with E-state index in [-0.39, 0.29) is 17.2 Å². The predicted octanol–water partition coefficient (Wildman–Crippen LogP) is 3.31. The molecule has 0 saturated heterocycles. The maximum Gasteiger partial charge on any atom is 0.363 e. The van der Waals surface area contributed by atoms with Crippen LogP contribution in [-0.4, -0.2) is 11.9 Å². The molecule has 0 amide bonds. The van der Waals surface area contributed by atoms with Crippen molar-refractivity contribution >= 4 is 17.9 Å². The largest absolute Gasteiger partial charge is 0.402 e. The Morgan fingerprint density at radius 2 is 1.81 bits per heavy atom. The molecule has 1 aliphatic rings. The van der Waals surface area contributed by atoms with Crippen LogP contribution in [0.5, 0.6) is 0 Å². The summed E-state index contributed by atoms with van der Waals surface area (Å²) in [6.45, 7) is 0. The van der Waals surface area contributed by atoms with Gasteiger partial charge in [0, 0.05) is 0 Å². The number of carbonyl (C=O) groups is 1. The normalized spacial score (nSPS) is 16.0. The predicted molar refractivity (Wildman–Crippen MR) is 73.4 cm³/mol. The maximum atomic E-state index is 13.6. The number of benzene rings is 2. The van der Waals surface area contributed by atoms with E-state index in [1.807, 2.05) is 18.2 Å². The molecule has 3 rings (SSSR count). The molecule has 0 atom stereocenters. The molecule has 21 heavy (non-hydrogen) atoms. The van der Waals surface area contributed by atoms with E-state index in [9.17, 15) is 13.6 Å². The van der Waals surface area contributed by atoms with Crippen molar-refractivity contribution in [2.45, 2.75) is 0 Å². The van der Waals surface area contributed by atoms with Crippen LogP contribution in [0.15, 0.2) is 59.2 Å². The zero-order valence-corrected chi connectivity index (χ0v) is 10.7. The zero-order chi connectivity index (χ0) is 14.8. The van der Waals surface area contributed by atoms with Gasteiger partial charge in [-0.2, -0.15) is 0 Å². The molecule has 3 nitrogen and oxygen atoms in total. The van der Waals surface area contributed by atoms with E-state index in [4.69, 9.17) is 4.74 Å². The average molecular weight is 285 g/mol. The van der Waals surface area contributed by atoms with E-state index in [0.717, 1.165) is 23.8 Å². The lowest BCUT2D eigenvalue weighted by Crippen LogP contribution is -2.07. The third-order valence-electron chi connectivity index (χ3n) is 2.88. The number of aliphatic imine (C=N–C) groups is 1. The van der Waals surface area contributed by atoms with Gasteiger partial charge in [-0.3, -0.25) is 0 Å². The Hall–Kier alpha value is -2.82. The average Bonchev–Trinajstić information content (AvgIpc) is 2.84. The van der Waals surface area contributed by atoms with Crippen molar-refractivity contribution in [3.63, 3.8) is 0 Å². The van der Waals surface area contributed by atoms with E-state index in [1.165, 1.54) is 6.08 Å². The Labute approximate surface area is 119 Å². The van der Waals surface area contributed by atoms with Crippen molar-refractivity contribution in [3.05, 3.63) is 77.0 Å². The molecule has 0 aliphatic carbocycles. The van der Waals surface area contributed by atoms with Gasteiger partial charge >= 0.3 is 5.97 Å². The minimum atomic E-state index is -0.705. The van der Waals surface area contributed by atoms with Crippen molar-refractivity contribution in [1.82, 2.24) is 0 Å². The second kappa shape index (κ2) is 5.28. The number of cyclic esters (lactones) is 1. The van der Waals surface area contributed by atoms with Crippen LogP contribution >= 0.6 is 0 Å². The van der Waals surface area contributed by atoms with Gasteiger partial charge in [0.25, 0.3) is 0 Å². The fourth-order valence-corrected chi connectivity index (χ4v) is 1.89. The lowest BCUT2D eigenvalue weighted by molar-refractivity contribution is -0.129. The summed E-state index contributed by atoms with van der Waals surface area (Å²) >= 11 is 0. The van der Waals surface area contributed by atoms with Crippen LogP contribution in [0.4, 0.5) is 8.78 Å². The molecule has 104 valence electrons. The van der Waals surface area contributed by atoms with Gasteiger partial charge in [-0.15, -0.1) is 0 Å². The SMILES string of the molecule is O=C1OC(c2cc(F)ccc2F)=N/C1=C\c1ccccc1. The molecule has 0 saturated carbocycles. The molecule has 5 heteroatoms. The highest BCUT2D eigenvalue weighted by molar-refractivity contribution is 6.12. The molecule has 0 spiro atoms. The van der Waals surface area contributed by atoms with Crippen LogP contribution in [0.3, 0.4) is 0 Å². The van der Waals surface area contributed by atoms with Crippen LogP contribution in [0, 0.1) is 11.6 Å². The van der Waals surface area contributed by atoms with Gasteiger partial charge in [0.05, 0.1) is 5.56 Å². The van der Waals surface area contributed by atoms with Gasteiger partial charge in [0.1, 0.15) is 11.6 Å². The Morgan fingerprint density at radius 1 is 1.05 bits per heavy atom. The number of hydrogen-bond acceptors (Lipinski definition) is 3. The van der Waals surface area contributed by atoms with Gasteiger partial charge in [-0.1, -0.05) is 30.3 Å². The first-order valence-electron chi connectivity index (χ1n) is 6.16. The first kappa shape index (κ1) is 13.2. The zero-order valence-electron chi connectivity index (χ0n) is 10.7. The second-order valence-corrected chi connectivity index (χ2v) is 4.37. The second-order valence-electron chi connectivity index (χ2n) is 4.37. The van der Waals surface area contributed by atoms with E-state index in [1.54, 1.807) is 12.1 Å². The number of halogens is 2. The minimum Gasteiger partial charge on any atom is -0.402 e. The molecule has 2 aromatic rings. The fourth-order valence-electron chi connectivity index (χ4n) is 1.89. The van der Waals surface area contributed by atoms with Gasteiger partial charge in [-0.25, -0.2) is 18.6 Å². The maximum absolute atomic E-state index is 13.6. The lowest BCUT2D eigenvalue weighted by Gasteiger charge is -2.00. The molecule has 0 N–H and O–H groups in total. The first-order chi connectivity index (χ1) is 10.1. The molecule has 1 aliphatic heterocycles. The standard InChI is InChI=1S/C16H9F2NO2/c17-11-6-7-13(18)12(9-11)15-19-14(16(20)21-15)8-10-4-2-1-3-5-10/h1-9H/b14-8-. The number of hydrogen-bond donors (Lipinski definition) is 0. The molecule has 2 aromatic carbocycles.